The van der Waals surface area contributed by atoms with Gasteiger partial charge in [0.25, 0.3) is 5.91 Å². The number of amides is 1. The Morgan fingerprint density at radius 1 is 1.58 bits per heavy atom. The van der Waals surface area contributed by atoms with Crippen LogP contribution in [0.25, 0.3) is 0 Å². The van der Waals surface area contributed by atoms with Crippen LogP contribution in [-0.4, -0.2) is 32.1 Å². The number of carbonyl (C=O) groups is 1. The van der Waals surface area contributed by atoms with Crippen LogP contribution in [0.2, 0.25) is 0 Å². The van der Waals surface area contributed by atoms with Gasteiger partial charge in [0.2, 0.25) is 0 Å². The van der Waals surface area contributed by atoms with E-state index in [9.17, 15) is 4.79 Å². The Morgan fingerprint density at radius 3 is 2.95 bits per heavy atom. The van der Waals surface area contributed by atoms with Gasteiger partial charge in [-0.15, -0.1) is 11.3 Å². The van der Waals surface area contributed by atoms with Crippen molar-refractivity contribution in [2.24, 2.45) is 5.92 Å². The molecule has 2 heterocycles. The zero-order valence-electron chi connectivity index (χ0n) is 11.4. The summed E-state index contributed by atoms with van der Waals surface area (Å²) < 4.78 is 6.20. The molecule has 1 aliphatic heterocycles. The molecular weight excluding hydrogens is 328 g/mol. The number of piperidine rings is 1. The monoisotopic (exact) mass is 346 g/mol. The van der Waals surface area contributed by atoms with Gasteiger partial charge in [0.1, 0.15) is 4.88 Å². The zero-order chi connectivity index (χ0) is 14.0. The molecule has 1 fully saturated rings. The topological polar surface area (TPSA) is 50.4 Å². The van der Waals surface area contributed by atoms with Crippen molar-refractivity contribution >= 4 is 33.2 Å². The maximum Gasteiger partial charge on any atom is 0.265 e. The highest BCUT2D eigenvalue weighted by atomic mass is 79.9. The predicted molar refractivity (Wildman–Crippen MR) is 81.2 cm³/mol. The molecular formula is C13H19BrN2O2S. The third-order valence-corrected chi connectivity index (χ3v) is 5.78. The van der Waals surface area contributed by atoms with Gasteiger partial charge >= 0.3 is 0 Å². The third kappa shape index (κ3) is 3.12. The first-order chi connectivity index (χ1) is 9.04. The van der Waals surface area contributed by atoms with Crippen molar-refractivity contribution in [3.05, 3.63) is 14.2 Å². The van der Waals surface area contributed by atoms with E-state index in [1.807, 2.05) is 6.92 Å². The lowest BCUT2D eigenvalue weighted by atomic mass is 9.95. The lowest BCUT2D eigenvalue weighted by Crippen LogP contribution is -2.48. The molecule has 0 radical (unpaired) electrons. The summed E-state index contributed by atoms with van der Waals surface area (Å²) in [7, 11) is 1.59. The molecule has 1 amide bonds. The number of methoxy groups -OCH3 is 1. The van der Waals surface area contributed by atoms with E-state index < -0.39 is 0 Å². The van der Waals surface area contributed by atoms with Crippen molar-refractivity contribution < 1.29 is 9.53 Å². The van der Waals surface area contributed by atoms with Crippen LogP contribution < -0.4 is 15.4 Å². The van der Waals surface area contributed by atoms with E-state index in [1.165, 1.54) is 11.3 Å². The summed E-state index contributed by atoms with van der Waals surface area (Å²) >= 11 is 4.93. The van der Waals surface area contributed by atoms with Gasteiger partial charge in [-0.1, -0.05) is 6.92 Å². The molecule has 0 bridgehead atoms. The molecule has 19 heavy (non-hydrogen) atoms. The Labute approximate surface area is 126 Å². The van der Waals surface area contributed by atoms with Gasteiger partial charge in [0.15, 0.2) is 5.75 Å². The Bertz CT molecular complexity index is 475. The molecule has 1 aliphatic rings. The molecule has 0 aromatic carbocycles. The Kier molecular flexibility index (Phi) is 4.86. The average molecular weight is 347 g/mol. The van der Waals surface area contributed by atoms with E-state index in [1.54, 1.807) is 7.11 Å². The zero-order valence-corrected chi connectivity index (χ0v) is 13.8. The molecule has 106 valence electrons. The van der Waals surface area contributed by atoms with Gasteiger partial charge in [0.05, 0.1) is 11.6 Å². The van der Waals surface area contributed by atoms with E-state index in [4.69, 9.17) is 4.74 Å². The molecule has 1 saturated heterocycles. The minimum Gasteiger partial charge on any atom is -0.494 e. The summed E-state index contributed by atoms with van der Waals surface area (Å²) in [6.07, 6.45) is 0.973. The van der Waals surface area contributed by atoms with E-state index in [0.717, 1.165) is 28.9 Å². The van der Waals surface area contributed by atoms with Gasteiger partial charge in [-0.05, 0) is 48.3 Å². The van der Waals surface area contributed by atoms with Gasteiger partial charge in [-0.2, -0.15) is 0 Å². The first-order valence-corrected chi connectivity index (χ1v) is 8.00. The number of carbonyl (C=O) groups excluding carboxylic acids is 1. The van der Waals surface area contributed by atoms with Crippen molar-refractivity contribution in [3.63, 3.8) is 0 Å². The highest BCUT2D eigenvalue weighted by Gasteiger charge is 2.26. The maximum absolute atomic E-state index is 12.4. The van der Waals surface area contributed by atoms with Crippen LogP contribution in [0.3, 0.4) is 0 Å². The first kappa shape index (κ1) is 14.8. The second-order valence-electron chi connectivity index (χ2n) is 4.88. The van der Waals surface area contributed by atoms with Gasteiger partial charge in [-0.3, -0.25) is 4.79 Å². The van der Waals surface area contributed by atoms with E-state index in [-0.39, 0.29) is 11.9 Å². The fraction of sp³-hybridized carbons (Fsp3) is 0.615. The van der Waals surface area contributed by atoms with Crippen molar-refractivity contribution in [3.8, 4) is 5.75 Å². The van der Waals surface area contributed by atoms with Crippen molar-refractivity contribution in [2.45, 2.75) is 26.3 Å². The molecule has 1 aromatic heterocycles. The molecule has 0 spiro atoms. The SMILES string of the molecule is COc1c(C(=O)NC2CCNCC2C)sc(C)c1Br. The normalized spacial score (nSPS) is 23.2. The molecule has 2 unspecified atom stereocenters. The number of nitrogens with one attached hydrogen (secondary N) is 2. The molecule has 0 saturated carbocycles. The fourth-order valence-corrected chi connectivity index (χ4v) is 3.95. The van der Waals surface area contributed by atoms with E-state index >= 15 is 0 Å². The lowest BCUT2D eigenvalue weighted by molar-refractivity contribution is 0.0915. The highest BCUT2D eigenvalue weighted by Crippen LogP contribution is 2.39. The van der Waals surface area contributed by atoms with Crippen LogP contribution in [0.5, 0.6) is 5.75 Å². The van der Waals surface area contributed by atoms with Crippen LogP contribution in [-0.2, 0) is 0 Å². The smallest absolute Gasteiger partial charge is 0.265 e. The van der Waals surface area contributed by atoms with Crippen molar-refractivity contribution in [1.29, 1.82) is 0 Å². The fourth-order valence-electron chi connectivity index (χ4n) is 2.30. The van der Waals surface area contributed by atoms with Gasteiger partial charge < -0.3 is 15.4 Å². The van der Waals surface area contributed by atoms with E-state index in [2.05, 4.69) is 33.5 Å². The Hall–Kier alpha value is -0.590. The van der Waals surface area contributed by atoms with Crippen molar-refractivity contribution in [1.82, 2.24) is 10.6 Å². The number of rotatable bonds is 3. The number of hydrogen-bond donors (Lipinski definition) is 2. The summed E-state index contributed by atoms with van der Waals surface area (Å²) in [5.41, 5.74) is 0. The minimum atomic E-state index is -0.0330. The molecule has 2 rings (SSSR count). The highest BCUT2D eigenvalue weighted by molar-refractivity contribution is 9.10. The summed E-state index contributed by atoms with van der Waals surface area (Å²) in [6.45, 7) is 6.04. The molecule has 2 atom stereocenters. The van der Waals surface area contributed by atoms with Crippen LogP contribution in [0, 0.1) is 12.8 Å². The van der Waals surface area contributed by atoms with E-state index in [0.29, 0.717) is 16.5 Å². The quantitative estimate of drug-likeness (QED) is 0.884. The lowest BCUT2D eigenvalue weighted by Gasteiger charge is -2.30. The number of aryl methyl sites for hydroxylation is 1. The number of ether oxygens (including phenoxy) is 1. The number of halogens is 1. The van der Waals surface area contributed by atoms with Crippen LogP contribution >= 0.6 is 27.3 Å². The number of hydrogen-bond acceptors (Lipinski definition) is 4. The first-order valence-electron chi connectivity index (χ1n) is 6.39. The van der Waals surface area contributed by atoms with Crippen LogP contribution in [0.4, 0.5) is 0 Å². The maximum atomic E-state index is 12.4. The average Bonchev–Trinajstić information content (AvgIpc) is 2.68. The van der Waals surface area contributed by atoms with Crippen molar-refractivity contribution in [2.75, 3.05) is 20.2 Å². The predicted octanol–water partition coefficient (Wildman–Crippen LogP) is 2.56. The standard InChI is InChI=1S/C13H19BrN2O2S/c1-7-6-15-5-4-9(7)16-13(17)12-11(18-3)10(14)8(2)19-12/h7,9,15H,4-6H2,1-3H3,(H,16,17). The Balaban J connectivity index is 2.13. The molecule has 1 aromatic rings. The second kappa shape index (κ2) is 6.24. The minimum absolute atomic E-state index is 0.0330. The molecule has 6 heteroatoms. The van der Waals surface area contributed by atoms with Gasteiger partial charge in [0, 0.05) is 10.9 Å². The van der Waals surface area contributed by atoms with Crippen LogP contribution in [0.15, 0.2) is 4.47 Å². The Morgan fingerprint density at radius 2 is 2.32 bits per heavy atom. The summed E-state index contributed by atoms with van der Waals surface area (Å²) in [6, 6.07) is 0.236. The van der Waals surface area contributed by atoms with Gasteiger partial charge in [-0.25, -0.2) is 0 Å². The number of thiophene rings is 1. The second-order valence-corrected chi connectivity index (χ2v) is 6.90. The van der Waals surface area contributed by atoms with Crippen LogP contribution in [0.1, 0.15) is 27.9 Å². The largest absolute Gasteiger partial charge is 0.494 e. The summed E-state index contributed by atoms with van der Waals surface area (Å²) in [5, 5.41) is 6.46. The third-order valence-electron chi connectivity index (χ3n) is 3.48. The summed E-state index contributed by atoms with van der Waals surface area (Å²) in [5.74, 6) is 1.06. The summed E-state index contributed by atoms with van der Waals surface area (Å²) in [4.78, 5) is 14.1. The molecule has 2 N–H and O–H groups in total. The molecule has 4 nitrogen and oxygen atoms in total. The molecule has 0 aliphatic carbocycles.